The summed E-state index contributed by atoms with van der Waals surface area (Å²) in [6, 6.07) is 6.59. The van der Waals surface area contributed by atoms with Crippen LogP contribution in [0.2, 0.25) is 0 Å². The number of Topliss-reactive ketones (excluding diaryl/α,β-unsaturated/α-hetero) is 2. The molecule has 34 nitrogen and oxygen atoms in total. The standard InChI is InChI=1S/C92H139N17O17/c1-55(2)45-68(76-74(111)52-92(17,18)53-75(76)112)95-40-28-25-35-65(97-58(7)110)79(114)102-71(51-63-48-60-34-22-24-39-73(60)109(63)88(123)126-91(14,15)16)83(118)98-67(36-26-29-41-96-86(121)124-89(8,9)10)81(116)103-77(57(5)6)84(119)99-66(37-27-32-44-107-54-61(104-105-107)49-64(93)85(120)106-42-30-20-31-43-106)80(115)100-69(46-56(3)4)82(117)101-70(78(113)94-19)50-62-47-59-33-21-23-38-72(59)108(62)87(122)125-90(11,12)13/h21-24,33-34,38-39,47-48,54-57,64-67,69-71,77,95H,20,25-32,35-37,40-46,49-53,93H2,1-19H3,(H,94,113)(H,96,121)(H,97,110)(H,98,118)(H,99,119)(H,100,115)(H,101,117)(H,102,114)(H,103,116). The number of para-hydroxylation sites is 2. The van der Waals surface area contributed by atoms with Gasteiger partial charge in [-0.3, -0.25) is 57.4 Å². The molecule has 694 valence electrons. The van der Waals surface area contributed by atoms with Gasteiger partial charge in [-0.25, -0.2) is 23.5 Å². The maximum atomic E-state index is 15.7. The number of rotatable bonds is 42. The first kappa shape index (κ1) is 102. The fourth-order valence-corrected chi connectivity index (χ4v) is 15.5. The van der Waals surface area contributed by atoms with Crippen LogP contribution in [-0.2, 0) is 92.8 Å². The third-order valence-corrected chi connectivity index (χ3v) is 21.3. The van der Waals surface area contributed by atoms with Gasteiger partial charge in [-0.15, -0.1) is 5.10 Å². The lowest BCUT2D eigenvalue weighted by Gasteiger charge is -2.30. The van der Waals surface area contributed by atoms with Crippen LogP contribution in [0.4, 0.5) is 14.4 Å². The van der Waals surface area contributed by atoms with Gasteiger partial charge in [0.25, 0.3) is 0 Å². The average molecular weight is 1760 g/mol. The molecule has 1 saturated heterocycles. The van der Waals surface area contributed by atoms with Crippen LogP contribution in [0.15, 0.2) is 78.1 Å². The molecule has 8 unspecified atom stereocenters. The number of carbonyl (C=O) groups is 14. The molecular formula is C92H139N17O17. The van der Waals surface area contributed by atoms with Crippen molar-refractivity contribution in [2.75, 3.05) is 33.2 Å². The maximum absolute atomic E-state index is 15.7. The SMILES string of the molecule is CNC(=O)C(Cc1cc2ccccc2n1C(=O)OC(C)(C)C)NC(=O)C(CC(C)C)NC(=O)C(CCCCn1cc(CC(N)C(=O)N2CCCCC2)nn1)NC(=O)C(NC(=O)C(CCCCNC(=O)OC(C)(C)C)NC(=O)C(Cc1cc2ccccc2n1C(=O)OC(C)(C)C)NC(=O)C(CCCCNC(CC(C)C)=C1C(=O)CC(C)(C)CC1=O)NC(C)=O)C(C)C. The van der Waals surface area contributed by atoms with E-state index in [1.165, 1.54) is 23.1 Å². The summed E-state index contributed by atoms with van der Waals surface area (Å²) in [4.78, 5) is 202. The number of ketones is 2. The molecule has 3 aromatic heterocycles. The first-order valence-electron chi connectivity index (χ1n) is 44.5. The van der Waals surface area contributed by atoms with Crippen molar-refractivity contribution in [2.45, 2.75) is 318 Å². The summed E-state index contributed by atoms with van der Waals surface area (Å²) in [5.74, 6) is -7.77. The lowest BCUT2D eigenvalue weighted by molar-refractivity contribution is -0.136. The molecule has 7 rings (SSSR count). The van der Waals surface area contributed by atoms with Crippen LogP contribution in [0, 0.1) is 23.2 Å². The molecule has 1 aliphatic carbocycles. The molecule has 8 atom stereocenters. The van der Waals surface area contributed by atoms with Gasteiger partial charge in [0.05, 0.1) is 28.3 Å². The lowest BCUT2D eigenvalue weighted by Crippen LogP contribution is -2.61. The molecular weight excluding hydrogens is 1620 g/mol. The van der Waals surface area contributed by atoms with E-state index in [1.54, 1.807) is 153 Å². The zero-order valence-electron chi connectivity index (χ0n) is 77.4. The molecule has 0 radical (unpaired) electrons. The monoisotopic (exact) mass is 1750 g/mol. The van der Waals surface area contributed by atoms with Gasteiger partial charge in [0.2, 0.25) is 53.2 Å². The van der Waals surface area contributed by atoms with Crippen molar-refractivity contribution in [3.8, 4) is 0 Å². The number of hydrogen-bond acceptors (Lipinski definition) is 21. The smallest absolute Gasteiger partial charge is 0.419 e. The van der Waals surface area contributed by atoms with Gasteiger partial charge >= 0.3 is 18.3 Å². The van der Waals surface area contributed by atoms with Gasteiger partial charge in [0.1, 0.15) is 59.1 Å². The predicted octanol–water partition coefficient (Wildman–Crippen LogP) is 8.87. The van der Waals surface area contributed by atoms with E-state index in [9.17, 15) is 43.2 Å². The van der Waals surface area contributed by atoms with E-state index in [0.717, 1.165) is 19.3 Å². The van der Waals surface area contributed by atoms with E-state index in [4.69, 9.17) is 19.9 Å². The van der Waals surface area contributed by atoms with Gasteiger partial charge in [0, 0.05) is 113 Å². The van der Waals surface area contributed by atoms with Crippen molar-refractivity contribution in [3.63, 3.8) is 0 Å². The molecule has 126 heavy (non-hydrogen) atoms. The van der Waals surface area contributed by atoms with Gasteiger partial charge in [-0.2, -0.15) is 0 Å². The highest BCUT2D eigenvalue weighted by Gasteiger charge is 2.40. The van der Waals surface area contributed by atoms with E-state index in [1.807, 2.05) is 41.5 Å². The Morgan fingerprint density at radius 2 is 0.960 bits per heavy atom. The predicted molar refractivity (Wildman–Crippen MR) is 478 cm³/mol. The van der Waals surface area contributed by atoms with Gasteiger partial charge in [-0.05, 0) is 200 Å². The Morgan fingerprint density at radius 1 is 0.516 bits per heavy atom. The first-order valence-corrected chi connectivity index (χ1v) is 44.5. The second-order valence-corrected chi connectivity index (χ2v) is 38.3. The molecule has 4 heterocycles. The number of unbranched alkanes of at least 4 members (excludes halogenated alkanes) is 3. The molecule has 0 spiro atoms. The van der Waals surface area contributed by atoms with Crippen LogP contribution in [0.1, 0.15) is 244 Å². The zero-order chi connectivity index (χ0) is 93.3. The summed E-state index contributed by atoms with van der Waals surface area (Å²) in [6.45, 7) is 33.2. The van der Waals surface area contributed by atoms with Gasteiger partial charge in [0.15, 0.2) is 11.6 Å². The Hall–Kier alpha value is -11.1. The van der Waals surface area contributed by atoms with Crippen LogP contribution in [0.3, 0.4) is 0 Å². The Kier molecular flexibility index (Phi) is 37.6. The molecule has 10 amide bonds. The Morgan fingerprint density at radius 3 is 1.44 bits per heavy atom. The van der Waals surface area contributed by atoms with E-state index in [-0.39, 0.29) is 124 Å². The minimum absolute atomic E-state index is 0.0352. The zero-order valence-corrected chi connectivity index (χ0v) is 77.4. The summed E-state index contributed by atoms with van der Waals surface area (Å²) in [5, 5.41) is 38.4. The number of fused-ring (bicyclic) bond motifs is 2. The molecule has 2 aromatic carbocycles. The van der Waals surface area contributed by atoms with Gasteiger partial charge < -0.3 is 78.0 Å². The lowest BCUT2D eigenvalue weighted by atomic mass is 9.73. The average Bonchev–Trinajstić information content (AvgIpc) is 1.65. The highest BCUT2D eigenvalue weighted by molar-refractivity contribution is 6.22. The summed E-state index contributed by atoms with van der Waals surface area (Å²) < 4.78 is 21.4. The van der Waals surface area contributed by atoms with Crippen molar-refractivity contribution in [1.29, 1.82) is 0 Å². The number of piperidine rings is 1. The molecule has 0 bridgehead atoms. The Balaban J connectivity index is 1.21. The van der Waals surface area contributed by atoms with Crippen LogP contribution < -0.4 is 58.9 Å². The second kappa shape index (κ2) is 46.4. The van der Waals surface area contributed by atoms with Crippen molar-refractivity contribution < 1.29 is 81.3 Å². The number of likely N-dealkylation sites (tertiary alicyclic amines) is 1. The second-order valence-electron chi connectivity index (χ2n) is 38.3. The fourth-order valence-electron chi connectivity index (χ4n) is 15.5. The summed E-state index contributed by atoms with van der Waals surface area (Å²) in [7, 11) is 1.40. The van der Waals surface area contributed by atoms with E-state index in [2.05, 4.69) is 63.5 Å². The first-order chi connectivity index (χ1) is 59.1. The van der Waals surface area contributed by atoms with Crippen molar-refractivity contribution in [3.05, 3.63) is 95.2 Å². The number of aryl methyl sites for hydroxylation is 1. The maximum Gasteiger partial charge on any atom is 0.419 e. The number of hydrogen-bond donors (Lipinski definition) is 11. The molecule has 1 saturated carbocycles. The molecule has 2 fully saturated rings. The number of amides is 10. The summed E-state index contributed by atoms with van der Waals surface area (Å²) in [6.07, 6.45) is 4.27. The largest absolute Gasteiger partial charge is 0.444 e. The number of ether oxygens (including phenoxy) is 3. The van der Waals surface area contributed by atoms with Crippen LogP contribution in [-0.4, -0.2) is 210 Å². The molecule has 34 heteroatoms. The van der Waals surface area contributed by atoms with Gasteiger partial charge in [-0.1, -0.05) is 97.0 Å². The summed E-state index contributed by atoms with van der Waals surface area (Å²) in [5.41, 5.74) is 5.86. The van der Waals surface area contributed by atoms with Crippen molar-refractivity contribution in [1.82, 2.24) is 82.2 Å². The fraction of sp³-hybridized carbons (Fsp3) is 0.630. The normalized spacial score (nSPS) is 15.7. The number of benzene rings is 2. The van der Waals surface area contributed by atoms with Crippen LogP contribution >= 0.6 is 0 Å². The third kappa shape index (κ3) is 32.1. The summed E-state index contributed by atoms with van der Waals surface area (Å²) >= 11 is 0. The number of allylic oxidation sites excluding steroid dienone is 2. The van der Waals surface area contributed by atoms with Crippen molar-refractivity contribution >= 4 is 105 Å². The minimum atomic E-state index is -1.63. The molecule has 2 aliphatic rings. The number of aromatic nitrogens is 5. The van der Waals surface area contributed by atoms with E-state index in [0.29, 0.717) is 84.2 Å². The topological polar surface area (TPSA) is 457 Å². The quantitative estimate of drug-likeness (QED) is 0.00751. The van der Waals surface area contributed by atoms with E-state index < -0.39 is 148 Å². The number of carbonyl (C=O) groups excluding carboxylic acids is 14. The van der Waals surface area contributed by atoms with Crippen LogP contribution in [0.25, 0.3) is 21.8 Å². The Bertz CT molecular complexity index is 4660. The Labute approximate surface area is 740 Å². The van der Waals surface area contributed by atoms with Crippen LogP contribution in [0.5, 0.6) is 0 Å². The number of likely N-dealkylation sites (N-methyl/N-ethyl adjacent to an activating group) is 1. The van der Waals surface area contributed by atoms with Crippen molar-refractivity contribution in [2.24, 2.45) is 28.9 Å². The molecule has 1 aliphatic heterocycles. The van der Waals surface area contributed by atoms with E-state index >= 15 is 24.0 Å². The number of nitrogens with zero attached hydrogens (tertiary/aromatic N) is 6. The number of nitrogens with one attached hydrogen (secondary N) is 10. The number of nitrogens with two attached hydrogens (primary N) is 1. The highest BCUT2D eigenvalue weighted by atomic mass is 16.6. The minimum Gasteiger partial charge on any atom is -0.444 e. The molecule has 12 N–H and O–H groups in total. The highest BCUT2D eigenvalue weighted by Crippen LogP contribution is 2.36. The number of alkyl carbamates (subject to hydrolysis) is 1. The third-order valence-electron chi connectivity index (χ3n) is 21.3. The molecule has 5 aromatic rings.